The van der Waals surface area contributed by atoms with Gasteiger partial charge in [-0.1, -0.05) is 23.8 Å². The van der Waals surface area contributed by atoms with Gasteiger partial charge in [0.2, 0.25) is 5.91 Å². The predicted molar refractivity (Wildman–Crippen MR) is 92.0 cm³/mol. The number of carbonyl (C=O) groups excluding carboxylic acids is 1. The second-order valence-electron chi connectivity index (χ2n) is 6.84. The molecule has 2 rings (SSSR count). The Morgan fingerprint density at radius 1 is 1.39 bits per heavy atom. The minimum atomic E-state index is -0.374. The first kappa shape index (κ1) is 17.5. The first-order valence-corrected chi connectivity index (χ1v) is 8.41. The summed E-state index contributed by atoms with van der Waals surface area (Å²) in [5.74, 6) is 0.482. The zero-order valence-corrected chi connectivity index (χ0v) is 14.4. The molecule has 1 fully saturated rings. The number of aryl methyl sites for hydroxylation is 2. The molecule has 1 amide bonds. The average Bonchev–Trinajstić information content (AvgIpc) is 2.52. The first-order chi connectivity index (χ1) is 11.0. The van der Waals surface area contributed by atoms with Crippen molar-refractivity contribution in [2.24, 2.45) is 5.92 Å². The van der Waals surface area contributed by atoms with Gasteiger partial charge in [0.05, 0.1) is 12.5 Å². The Hall–Kier alpha value is -1.86. The van der Waals surface area contributed by atoms with Crippen molar-refractivity contribution in [3.63, 3.8) is 0 Å². The van der Waals surface area contributed by atoms with Crippen molar-refractivity contribution < 1.29 is 4.79 Å². The molecule has 0 aromatic heterocycles. The summed E-state index contributed by atoms with van der Waals surface area (Å²) in [5.41, 5.74) is 3.31. The smallest absolute Gasteiger partial charge is 0.225 e. The van der Waals surface area contributed by atoms with Gasteiger partial charge in [0, 0.05) is 0 Å². The summed E-state index contributed by atoms with van der Waals surface area (Å²) in [6, 6.07) is 8.02. The number of nitriles is 1. The molecule has 0 spiro atoms. The number of carbonyl (C=O) groups is 1. The monoisotopic (exact) mass is 313 g/mol. The number of hydrogen-bond acceptors (Lipinski definition) is 3. The molecule has 1 aromatic rings. The average molecular weight is 313 g/mol. The number of amides is 1. The molecule has 1 aliphatic heterocycles. The van der Waals surface area contributed by atoms with E-state index in [1.807, 2.05) is 26.0 Å². The largest absolute Gasteiger partial charge is 0.340 e. The molecule has 1 aromatic carbocycles. The molecule has 1 heterocycles. The highest BCUT2D eigenvalue weighted by molar-refractivity contribution is 5.79. The number of piperidine rings is 1. The van der Waals surface area contributed by atoms with Crippen LogP contribution < -0.4 is 5.32 Å². The molecular weight excluding hydrogens is 286 g/mol. The van der Waals surface area contributed by atoms with E-state index in [9.17, 15) is 10.1 Å². The van der Waals surface area contributed by atoms with Crippen molar-refractivity contribution in [1.29, 1.82) is 5.26 Å². The summed E-state index contributed by atoms with van der Waals surface area (Å²) < 4.78 is 0. The Balaban J connectivity index is 1.87. The third kappa shape index (κ3) is 5.37. The summed E-state index contributed by atoms with van der Waals surface area (Å²) in [6.07, 6.45) is 3.34. The molecule has 0 bridgehead atoms. The Labute approximate surface area is 139 Å². The maximum absolute atomic E-state index is 12.3. The normalized spacial score (nSPS) is 17.5. The Kier molecular flexibility index (Phi) is 6.18. The zero-order chi connectivity index (χ0) is 16.8. The van der Waals surface area contributed by atoms with E-state index in [2.05, 4.69) is 29.4 Å². The molecule has 4 heteroatoms. The fraction of sp³-hybridized carbons (Fsp3) is 0.579. The molecule has 1 atom stereocenters. The van der Waals surface area contributed by atoms with Crippen LogP contribution in [-0.2, 0) is 11.2 Å². The molecule has 1 unspecified atom stereocenters. The molecule has 124 valence electrons. The SMILES string of the molecule is Cc1ccc(C)c(CC(=O)NC(C#N)CC2CCN(C)CC2)c1. The number of rotatable bonds is 5. The van der Waals surface area contributed by atoms with Gasteiger partial charge >= 0.3 is 0 Å². The Bertz CT molecular complexity index is 583. The highest BCUT2D eigenvalue weighted by Gasteiger charge is 2.22. The van der Waals surface area contributed by atoms with Crippen LogP contribution in [0.4, 0.5) is 0 Å². The van der Waals surface area contributed by atoms with Gasteiger partial charge in [0.25, 0.3) is 0 Å². The fourth-order valence-corrected chi connectivity index (χ4v) is 3.18. The zero-order valence-electron chi connectivity index (χ0n) is 14.4. The van der Waals surface area contributed by atoms with Crippen LogP contribution in [0.3, 0.4) is 0 Å². The summed E-state index contributed by atoms with van der Waals surface area (Å²) in [5, 5.41) is 12.3. The number of nitrogens with zero attached hydrogens (tertiary/aromatic N) is 2. The lowest BCUT2D eigenvalue weighted by molar-refractivity contribution is -0.120. The third-order valence-corrected chi connectivity index (χ3v) is 4.75. The minimum Gasteiger partial charge on any atom is -0.340 e. The van der Waals surface area contributed by atoms with E-state index in [4.69, 9.17) is 0 Å². The van der Waals surface area contributed by atoms with E-state index in [0.29, 0.717) is 12.3 Å². The van der Waals surface area contributed by atoms with Gasteiger partial charge in [0.15, 0.2) is 0 Å². The Morgan fingerprint density at radius 2 is 2.09 bits per heavy atom. The van der Waals surface area contributed by atoms with Crippen molar-refractivity contribution in [3.8, 4) is 6.07 Å². The predicted octanol–water partition coefficient (Wildman–Crippen LogP) is 2.59. The lowest BCUT2D eigenvalue weighted by Gasteiger charge is -2.30. The van der Waals surface area contributed by atoms with Crippen LogP contribution in [0.1, 0.15) is 36.0 Å². The van der Waals surface area contributed by atoms with Crippen LogP contribution in [0, 0.1) is 31.1 Å². The maximum Gasteiger partial charge on any atom is 0.225 e. The van der Waals surface area contributed by atoms with Gasteiger partial charge in [0.1, 0.15) is 6.04 Å². The number of hydrogen-bond donors (Lipinski definition) is 1. The minimum absolute atomic E-state index is 0.0572. The maximum atomic E-state index is 12.3. The summed E-state index contributed by atoms with van der Waals surface area (Å²) >= 11 is 0. The molecule has 4 nitrogen and oxygen atoms in total. The molecule has 1 N–H and O–H groups in total. The number of nitrogens with one attached hydrogen (secondary N) is 1. The van der Waals surface area contributed by atoms with Crippen molar-refractivity contribution >= 4 is 5.91 Å². The third-order valence-electron chi connectivity index (χ3n) is 4.75. The number of likely N-dealkylation sites (tertiary alicyclic amines) is 1. The van der Waals surface area contributed by atoms with E-state index in [-0.39, 0.29) is 11.9 Å². The standard InChI is InChI=1S/C19H27N3O/c1-14-4-5-15(2)17(10-14)12-19(23)21-18(13-20)11-16-6-8-22(3)9-7-16/h4-5,10,16,18H,6-9,11-12H2,1-3H3,(H,21,23). The van der Waals surface area contributed by atoms with Gasteiger partial charge in [-0.15, -0.1) is 0 Å². The topological polar surface area (TPSA) is 56.1 Å². The van der Waals surface area contributed by atoms with Gasteiger partial charge in [-0.3, -0.25) is 4.79 Å². The second-order valence-corrected chi connectivity index (χ2v) is 6.84. The van der Waals surface area contributed by atoms with Gasteiger partial charge in [-0.05, 0) is 70.3 Å². The van der Waals surface area contributed by atoms with Crippen molar-refractivity contribution in [3.05, 3.63) is 34.9 Å². The van der Waals surface area contributed by atoms with Crippen LogP contribution in [-0.4, -0.2) is 37.0 Å². The van der Waals surface area contributed by atoms with Crippen LogP contribution >= 0.6 is 0 Å². The quantitative estimate of drug-likeness (QED) is 0.909. The molecule has 23 heavy (non-hydrogen) atoms. The molecule has 0 radical (unpaired) electrons. The summed E-state index contributed by atoms with van der Waals surface area (Å²) in [7, 11) is 2.13. The Morgan fingerprint density at radius 3 is 2.74 bits per heavy atom. The van der Waals surface area contributed by atoms with Crippen LogP contribution in [0.5, 0.6) is 0 Å². The highest BCUT2D eigenvalue weighted by Crippen LogP contribution is 2.21. The summed E-state index contributed by atoms with van der Waals surface area (Å²) in [4.78, 5) is 14.6. The second kappa shape index (κ2) is 8.12. The molecule has 0 saturated carbocycles. The number of benzene rings is 1. The molecule has 1 aliphatic rings. The van der Waals surface area contributed by atoms with Crippen LogP contribution in [0.2, 0.25) is 0 Å². The highest BCUT2D eigenvalue weighted by atomic mass is 16.1. The van der Waals surface area contributed by atoms with Gasteiger partial charge in [-0.2, -0.15) is 5.26 Å². The van der Waals surface area contributed by atoms with Crippen LogP contribution in [0.15, 0.2) is 18.2 Å². The van der Waals surface area contributed by atoms with Crippen molar-refractivity contribution in [2.45, 2.75) is 45.6 Å². The van der Waals surface area contributed by atoms with Gasteiger partial charge < -0.3 is 10.2 Å². The van der Waals surface area contributed by atoms with E-state index >= 15 is 0 Å². The molecule has 0 aliphatic carbocycles. The van der Waals surface area contributed by atoms with E-state index in [0.717, 1.165) is 49.0 Å². The van der Waals surface area contributed by atoms with Gasteiger partial charge in [-0.25, -0.2) is 0 Å². The van der Waals surface area contributed by atoms with E-state index < -0.39 is 0 Å². The van der Waals surface area contributed by atoms with Crippen molar-refractivity contribution in [1.82, 2.24) is 10.2 Å². The van der Waals surface area contributed by atoms with Crippen molar-refractivity contribution in [2.75, 3.05) is 20.1 Å². The first-order valence-electron chi connectivity index (χ1n) is 8.41. The lowest BCUT2D eigenvalue weighted by atomic mass is 9.90. The van der Waals surface area contributed by atoms with E-state index in [1.54, 1.807) is 0 Å². The van der Waals surface area contributed by atoms with E-state index in [1.165, 1.54) is 0 Å². The molecular formula is C19H27N3O. The fourth-order valence-electron chi connectivity index (χ4n) is 3.18. The lowest BCUT2D eigenvalue weighted by Crippen LogP contribution is -2.38. The van der Waals surface area contributed by atoms with Crippen LogP contribution in [0.25, 0.3) is 0 Å². The summed E-state index contributed by atoms with van der Waals surface area (Å²) in [6.45, 7) is 6.21. The molecule has 1 saturated heterocycles.